The van der Waals surface area contributed by atoms with E-state index in [1.165, 1.54) is 16.9 Å². The van der Waals surface area contributed by atoms with Crippen molar-refractivity contribution >= 4 is 27.3 Å². The van der Waals surface area contributed by atoms with E-state index in [0.717, 1.165) is 24.2 Å². The smallest absolute Gasteiger partial charge is 0.231 e. The third kappa shape index (κ3) is 5.71. The summed E-state index contributed by atoms with van der Waals surface area (Å²) in [7, 11) is -1.80. The Balaban J connectivity index is 1.56. The van der Waals surface area contributed by atoms with E-state index in [0.29, 0.717) is 23.9 Å². The average molecular weight is 467 g/mol. The maximum Gasteiger partial charge on any atom is 0.231 e. The first-order chi connectivity index (χ1) is 14.5. The van der Waals surface area contributed by atoms with Crippen LogP contribution < -0.4 is 9.04 Å². The second-order valence-electron chi connectivity index (χ2n) is 8.69. The number of hydrogen-bond acceptors (Lipinski definition) is 5. The topological polar surface area (TPSA) is 70.1 Å². The van der Waals surface area contributed by atoms with Crippen LogP contribution in [-0.4, -0.2) is 63.1 Å². The van der Waals surface area contributed by atoms with Crippen molar-refractivity contribution in [1.82, 2.24) is 4.90 Å². The quantitative estimate of drug-likeness (QED) is 0.641. The zero-order valence-electron chi connectivity index (χ0n) is 18.5. The molecule has 2 aromatic rings. The van der Waals surface area contributed by atoms with Crippen molar-refractivity contribution in [2.75, 3.05) is 37.3 Å². The van der Waals surface area contributed by atoms with Crippen LogP contribution in [0.1, 0.15) is 31.7 Å². The van der Waals surface area contributed by atoms with Gasteiger partial charge in [0, 0.05) is 30.1 Å². The van der Waals surface area contributed by atoms with Gasteiger partial charge in [-0.2, -0.15) is 0 Å². The Morgan fingerprint density at radius 1 is 1.26 bits per heavy atom. The molecule has 2 aromatic carbocycles. The van der Waals surface area contributed by atoms with Crippen LogP contribution >= 0.6 is 11.6 Å². The second kappa shape index (κ2) is 9.36. The van der Waals surface area contributed by atoms with Gasteiger partial charge in [0.25, 0.3) is 0 Å². The predicted octanol–water partition coefficient (Wildman–Crippen LogP) is 3.74. The van der Waals surface area contributed by atoms with E-state index in [4.69, 9.17) is 16.3 Å². The van der Waals surface area contributed by atoms with Gasteiger partial charge >= 0.3 is 0 Å². The number of hydrogen-bond donors (Lipinski definition) is 1. The van der Waals surface area contributed by atoms with Crippen LogP contribution in [0.5, 0.6) is 5.75 Å². The van der Waals surface area contributed by atoms with Gasteiger partial charge in [-0.1, -0.05) is 23.7 Å². The molecule has 8 heteroatoms. The molecule has 0 bridgehead atoms. The first-order valence-corrected chi connectivity index (χ1v) is 12.6. The van der Waals surface area contributed by atoms with Gasteiger partial charge in [0.15, 0.2) is 0 Å². The van der Waals surface area contributed by atoms with Crippen LogP contribution in [0.4, 0.5) is 5.69 Å². The van der Waals surface area contributed by atoms with Crippen LogP contribution in [0.2, 0.25) is 5.02 Å². The summed E-state index contributed by atoms with van der Waals surface area (Å²) in [5, 5.41) is 11.3. The molecule has 0 aliphatic carbocycles. The lowest BCUT2D eigenvalue weighted by atomic mass is 9.82. The molecule has 2 atom stereocenters. The average Bonchev–Trinajstić information content (AvgIpc) is 2.99. The first-order valence-electron chi connectivity index (χ1n) is 10.3. The molecule has 0 aromatic heterocycles. The molecule has 3 rings (SSSR count). The van der Waals surface area contributed by atoms with Crippen molar-refractivity contribution in [2.45, 2.75) is 37.8 Å². The summed E-state index contributed by atoms with van der Waals surface area (Å²) < 4.78 is 30.2. The molecule has 0 amide bonds. The molecular formula is C23H31ClN2O4S. The fraction of sp³-hybridized carbons (Fsp3) is 0.478. The van der Waals surface area contributed by atoms with Crippen molar-refractivity contribution in [1.29, 1.82) is 0 Å². The van der Waals surface area contributed by atoms with Crippen LogP contribution in [0.3, 0.4) is 0 Å². The number of likely N-dealkylation sites (tertiary alicyclic amines) is 1. The van der Waals surface area contributed by atoms with Gasteiger partial charge in [0.05, 0.1) is 11.9 Å². The zero-order valence-corrected chi connectivity index (χ0v) is 20.0. The largest absolute Gasteiger partial charge is 0.491 e. The lowest BCUT2D eigenvalue weighted by Gasteiger charge is -2.37. The van der Waals surface area contributed by atoms with Crippen molar-refractivity contribution in [3.8, 4) is 5.75 Å². The Morgan fingerprint density at radius 3 is 2.55 bits per heavy atom. The summed E-state index contributed by atoms with van der Waals surface area (Å²) in [4.78, 5) is 2.30. The number of anilines is 1. The Morgan fingerprint density at radius 2 is 1.94 bits per heavy atom. The number of aliphatic hydroxyl groups is 1. The SMILES string of the molecule is CN(c1ccc(OC[C@@H](O)CN2CC[C@H](c3cccc(Cl)c3)C2(C)C)cc1)S(C)(=O)=O. The molecule has 0 spiro atoms. The van der Waals surface area contributed by atoms with Gasteiger partial charge < -0.3 is 9.84 Å². The predicted molar refractivity (Wildman–Crippen MR) is 126 cm³/mol. The van der Waals surface area contributed by atoms with E-state index in [1.54, 1.807) is 24.3 Å². The van der Waals surface area contributed by atoms with E-state index in [-0.39, 0.29) is 12.1 Å². The van der Waals surface area contributed by atoms with Gasteiger partial charge in [-0.3, -0.25) is 9.21 Å². The number of nitrogens with zero attached hydrogens (tertiary/aromatic N) is 2. The standard InChI is InChI=1S/C23H31ClN2O4S/c1-23(2)22(17-6-5-7-18(24)14-17)12-13-26(23)15-20(27)16-30-21-10-8-19(9-11-21)25(3)31(4,28)29/h5-11,14,20,22,27H,12-13,15-16H2,1-4H3/t20-,22+/m0/s1. The van der Waals surface area contributed by atoms with E-state index in [2.05, 4.69) is 24.8 Å². The molecule has 0 saturated carbocycles. The molecule has 0 unspecified atom stereocenters. The number of aliphatic hydroxyl groups excluding tert-OH is 1. The monoisotopic (exact) mass is 466 g/mol. The lowest BCUT2D eigenvalue weighted by Crippen LogP contribution is -2.46. The van der Waals surface area contributed by atoms with Gasteiger partial charge in [-0.25, -0.2) is 8.42 Å². The second-order valence-corrected chi connectivity index (χ2v) is 11.1. The number of β-amino-alcohol motifs (C(OH)–C–C–N with tert-alkyl or cyclic N) is 1. The third-order valence-corrected chi connectivity index (χ3v) is 7.62. The van der Waals surface area contributed by atoms with Gasteiger partial charge in [-0.15, -0.1) is 0 Å². The van der Waals surface area contributed by atoms with Crippen LogP contribution in [0, 0.1) is 0 Å². The zero-order chi connectivity index (χ0) is 22.8. The molecule has 6 nitrogen and oxygen atoms in total. The minimum absolute atomic E-state index is 0.108. The summed E-state index contributed by atoms with van der Waals surface area (Å²) in [6.07, 6.45) is 1.52. The molecule has 1 fully saturated rings. The third-order valence-electron chi connectivity index (χ3n) is 6.18. The number of ether oxygens (including phenoxy) is 1. The van der Waals surface area contributed by atoms with Crippen molar-refractivity contribution in [3.63, 3.8) is 0 Å². The highest BCUT2D eigenvalue weighted by Crippen LogP contribution is 2.42. The fourth-order valence-electron chi connectivity index (χ4n) is 4.21. The highest BCUT2D eigenvalue weighted by Gasteiger charge is 2.42. The Bertz CT molecular complexity index is 995. The molecule has 1 aliphatic rings. The molecule has 170 valence electrons. The Hall–Kier alpha value is -1.80. The minimum Gasteiger partial charge on any atom is -0.491 e. The molecule has 1 aliphatic heterocycles. The molecule has 31 heavy (non-hydrogen) atoms. The molecule has 1 saturated heterocycles. The molecule has 1 heterocycles. The van der Waals surface area contributed by atoms with E-state index < -0.39 is 16.1 Å². The first kappa shape index (κ1) is 23.9. The van der Waals surface area contributed by atoms with E-state index >= 15 is 0 Å². The highest BCUT2D eigenvalue weighted by molar-refractivity contribution is 7.92. The highest BCUT2D eigenvalue weighted by atomic mass is 35.5. The van der Waals surface area contributed by atoms with Crippen molar-refractivity contribution in [2.24, 2.45) is 0 Å². The van der Waals surface area contributed by atoms with E-state index in [9.17, 15) is 13.5 Å². The van der Waals surface area contributed by atoms with Crippen molar-refractivity contribution < 1.29 is 18.3 Å². The van der Waals surface area contributed by atoms with Crippen LogP contribution in [0.25, 0.3) is 0 Å². The summed E-state index contributed by atoms with van der Waals surface area (Å²) in [5.41, 5.74) is 1.68. The number of halogens is 1. The maximum absolute atomic E-state index is 11.6. The minimum atomic E-state index is -3.31. The molecular weight excluding hydrogens is 436 g/mol. The van der Waals surface area contributed by atoms with Crippen molar-refractivity contribution in [3.05, 3.63) is 59.1 Å². The normalized spacial score (nSPS) is 19.9. The molecule has 1 N–H and O–H groups in total. The molecule has 0 radical (unpaired) electrons. The number of rotatable bonds is 8. The number of benzene rings is 2. The van der Waals surface area contributed by atoms with Gasteiger partial charge in [0.2, 0.25) is 10.0 Å². The summed E-state index contributed by atoms with van der Waals surface area (Å²) >= 11 is 6.18. The van der Waals surface area contributed by atoms with Crippen LogP contribution in [-0.2, 0) is 10.0 Å². The summed E-state index contributed by atoms with van der Waals surface area (Å²) in [6.45, 7) is 5.98. The number of sulfonamides is 1. The van der Waals surface area contributed by atoms with Gasteiger partial charge in [-0.05, 0) is 68.8 Å². The van der Waals surface area contributed by atoms with Crippen LogP contribution in [0.15, 0.2) is 48.5 Å². The summed E-state index contributed by atoms with van der Waals surface area (Å²) in [6, 6.07) is 14.8. The summed E-state index contributed by atoms with van der Waals surface area (Å²) in [5.74, 6) is 0.931. The lowest BCUT2D eigenvalue weighted by molar-refractivity contribution is 0.0433. The van der Waals surface area contributed by atoms with Gasteiger partial charge in [0.1, 0.15) is 18.5 Å². The van der Waals surface area contributed by atoms with E-state index in [1.807, 2.05) is 18.2 Å². The Labute approximate surface area is 190 Å². The maximum atomic E-state index is 11.6. The fourth-order valence-corrected chi connectivity index (χ4v) is 4.92. The Kier molecular flexibility index (Phi) is 7.21.